The van der Waals surface area contributed by atoms with Crippen molar-refractivity contribution in [2.45, 2.75) is 25.4 Å². The van der Waals surface area contributed by atoms with Gasteiger partial charge in [-0.2, -0.15) is 0 Å². The Morgan fingerprint density at radius 2 is 2.00 bits per heavy atom. The number of hydrogen-bond donors (Lipinski definition) is 3. The third kappa shape index (κ3) is 5.42. The number of halogens is 3. The zero-order chi connectivity index (χ0) is 18.5. The molecule has 1 aliphatic rings. The predicted molar refractivity (Wildman–Crippen MR) is 106 cm³/mol. The van der Waals surface area contributed by atoms with Crippen LogP contribution in [-0.2, 0) is 11.3 Å². The lowest BCUT2D eigenvalue weighted by Gasteiger charge is -2.13. The van der Waals surface area contributed by atoms with Gasteiger partial charge < -0.3 is 16.0 Å². The van der Waals surface area contributed by atoms with Crippen LogP contribution in [-0.4, -0.2) is 24.4 Å². The molecule has 0 radical (unpaired) electrons. The molecule has 2 aromatic carbocycles. The summed E-state index contributed by atoms with van der Waals surface area (Å²) in [6.07, 6.45) is 1.75. The molecule has 2 amide bonds. The predicted octanol–water partition coefficient (Wildman–Crippen LogP) is 3.52. The monoisotopic (exact) mass is 411 g/mol. The molecular weight excluding hydrogens is 392 g/mol. The molecule has 5 nitrogen and oxygen atoms in total. The molecule has 0 aromatic heterocycles. The fourth-order valence-corrected chi connectivity index (χ4v) is 3.03. The Labute approximate surface area is 168 Å². The van der Waals surface area contributed by atoms with Crippen molar-refractivity contribution in [2.75, 3.05) is 11.9 Å². The van der Waals surface area contributed by atoms with Gasteiger partial charge in [-0.05, 0) is 43.7 Å². The van der Waals surface area contributed by atoms with Crippen LogP contribution >= 0.6 is 24.0 Å². The Hall–Kier alpha value is -2.15. The molecule has 3 rings (SSSR count). The fraction of sp³-hybridized carbons (Fsp3) is 0.263. The first-order chi connectivity index (χ1) is 12.5. The molecular formula is C19H20Cl2FN3O2. The Morgan fingerprint density at radius 3 is 2.70 bits per heavy atom. The molecule has 8 heteroatoms. The summed E-state index contributed by atoms with van der Waals surface area (Å²) < 4.78 is 13.6. The maximum atomic E-state index is 13.6. The van der Waals surface area contributed by atoms with Crippen molar-refractivity contribution in [3.63, 3.8) is 0 Å². The first kappa shape index (κ1) is 21.2. The van der Waals surface area contributed by atoms with Gasteiger partial charge in [0.15, 0.2) is 0 Å². The van der Waals surface area contributed by atoms with Crippen LogP contribution in [0.2, 0.25) is 5.02 Å². The number of carbonyl (C=O) groups is 2. The van der Waals surface area contributed by atoms with Crippen LogP contribution in [0.25, 0.3) is 0 Å². The van der Waals surface area contributed by atoms with Gasteiger partial charge in [0.05, 0.1) is 16.6 Å². The van der Waals surface area contributed by atoms with E-state index in [1.165, 1.54) is 12.1 Å². The molecule has 3 N–H and O–H groups in total. The standard InChI is InChI=1S/C19H19ClFN3O2.ClH/c20-15-8-7-13(24-19(26)17-6-3-9-22-17)10-14(15)18(25)23-11-12-4-1-2-5-16(12)21;/h1-2,4-5,7-8,10,17,22H,3,6,9,11H2,(H,23,25)(H,24,26);1H. The fourth-order valence-electron chi connectivity index (χ4n) is 2.83. The van der Waals surface area contributed by atoms with E-state index < -0.39 is 5.91 Å². The van der Waals surface area contributed by atoms with Crippen LogP contribution in [0.5, 0.6) is 0 Å². The summed E-state index contributed by atoms with van der Waals surface area (Å²) in [5.41, 5.74) is 1.10. The SMILES string of the molecule is Cl.O=C(NCc1ccccc1F)c1cc(NC(=O)C2CCCN2)ccc1Cl. The van der Waals surface area contributed by atoms with E-state index in [1.807, 2.05) is 0 Å². The second-order valence-corrected chi connectivity index (χ2v) is 6.51. The van der Waals surface area contributed by atoms with Gasteiger partial charge in [-0.1, -0.05) is 29.8 Å². The molecule has 0 saturated carbocycles. The first-order valence-corrected chi connectivity index (χ1v) is 8.78. The summed E-state index contributed by atoms with van der Waals surface area (Å²) in [5.74, 6) is -0.958. The first-order valence-electron chi connectivity index (χ1n) is 8.40. The van der Waals surface area contributed by atoms with Crippen LogP contribution in [0, 0.1) is 5.82 Å². The van der Waals surface area contributed by atoms with Crippen LogP contribution in [0.4, 0.5) is 10.1 Å². The summed E-state index contributed by atoms with van der Waals surface area (Å²) in [5, 5.41) is 8.81. The Kier molecular flexibility index (Phi) is 7.59. The van der Waals surface area contributed by atoms with E-state index in [1.54, 1.807) is 30.3 Å². The molecule has 1 saturated heterocycles. The van der Waals surface area contributed by atoms with E-state index in [-0.39, 0.29) is 47.3 Å². The highest BCUT2D eigenvalue weighted by Crippen LogP contribution is 2.21. The third-order valence-corrected chi connectivity index (χ3v) is 4.58. The molecule has 1 fully saturated rings. The summed E-state index contributed by atoms with van der Waals surface area (Å²) in [4.78, 5) is 24.6. The third-order valence-electron chi connectivity index (χ3n) is 4.25. The number of amides is 2. The van der Waals surface area contributed by atoms with Crippen molar-refractivity contribution < 1.29 is 14.0 Å². The Bertz CT molecular complexity index is 826. The van der Waals surface area contributed by atoms with E-state index >= 15 is 0 Å². The van der Waals surface area contributed by atoms with Gasteiger partial charge in [-0.3, -0.25) is 9.59 Å². The maximum absolute atomic E-state index is 13.6. The van der Waals surface area contributed by atoms with E-state index in [0.717, 1.165) is 19.4 Å². The van der Waals surface area contributed by atoms with E-state index in [9.17, 15) is 14.0 Å². The summed E-state index contributed by atoms with van der Waals surface area (Å²) in [6, 6.07) is 10.7. The summed E-state index contributed by atoms with van der Waals surface area (Å²) in [6.45, 7) is 0.868. The number of hydrogen-bond acceptors (Lipinski definition) is 3. The molecule has 1 unspecified atom stereocenters. The number of benzene rings is 2. The number of anilines is 1. The summed E-state index contributed by atoms with van der Waals surface area (Å²) >= 11 is 6.11. The molecule has 27 heavy (non-hydrogen) atoms. The van der Waals surface area contributed by atoms with Gasteiger partial charge in [-0.25, -0.2) is 4.39 Å². The van der Waals surface area contributed by atoms with Gasteiger partial charge in [0.25, 0.3) is 5.91 Å². The van der Waals surface area contributed by atoms with Crippen molar-refractivity contribution in [2.24, 2.45) is 0 Å². The molecule has 1 heterocycles. The van der Waals surface area contributed by atoms with Crippen LogP contribution < -0.4 is 16.0 Å². The second-order valence-electron chi connectivity index (χ2n) is 6.11. The lowest BCUT2D eigenvalue weighted by atomic mass is 10.1. The normalized spacial score (nSPS) is 15.7. The Morgan fingerprint density at radius 1 is 1.22 bits per heavy atom. The number of rotatable bonds is 5. The van der Waals surface area contributed by atoms with Crippen molar-refractivity contribution in [3.05, 3.63) is 64.4 Å². The molecule has 0 aliphatic carbocycles. The average Bonchev–Trinajstić information content (AvgIpc) is 3.17. The highest BCUT2D eigenvalue weighted by molar-refractivity contribution is 6.34. The van der Waals surface area contributed by atoms with Crippen molar-refractivity contribution in [3.8, 4) is 0 Å². The van der Waals surface area contributed by atoms with E-state index in [4.69, 9.17) is 11.6 Å². The highest BCUT2D eigenvalue weighted by Gasteiger charge is 2.22. The largest absolute Gasteiger partial charge is 0.348 e. The maximum Gasteiger partial charge on any atom is 0.253 e. The number of carbonyl (C=O) groups excluding carboxylic acids is 2. The molecule has 0 bridgehead atoms. The quantitative estimate of drug-likeness (QED) is 0.704. The molecule has 2 aromatic rings. The van der Waals surface area contributed by atoms with E-state index in [0.29, 0.717) is 11.3 Å². The Balaban J connectivity index is 0.00000261. The van der Waals surface area contributed by atoms with Crippen molar-refractivity contribution in [1.82, 2.24) is 10.6 Å². The average molecular weight is 412 g/mol. The molecule has 1 atom stereocenters. The van der Waals surface area contributed by atoms with Gasteiger partial charge >= 0.3 is 0 Å². The van der Waals surface area contributed by atoms with Gasteiger partial charge in [0.2, 0.25) is 5.91 Å². The van der Waals surface area contributed by atoms with E-state index in [2.05, 4.69) is 16.0 Å². The minimum atomic E-state index is -0.437. The zero-order valence-electron chi connectivity index (χ0n) is 14.4. The van der Waals surface area contributed by atoms with Crippen LogP contribution in [0.3, 0.4) is 0 Å². The lowest BCUT2D eigenvalue weighted by molar-refractivity contribution is -0.117. The topological polar surface area (TPSA) is 70.2 Å². The lowest BCUT2D eigenvalue weighted by Crippen LogP contribution is -2.35. The van der Waals surface area contributed by atoms with Crippen molar-refractivity contribution >= 4 is 41.5 Å². The van der Waals surface area contributed by atoms with Crippen molar-refractivity contribution in [1.29, 1.82) is 0 Å². The minimum absolute atomic E-state index is 0. The molecule has 144 valence electrons. The summed E-state index contributed by atoms with van der Waals surface area (Å²) in [7, 11) is 0. The number of nitrogens with one attached hydrogen (secondary N) is 3. The van der Waals surface area contributed by atoms with Crippen LogP contribution in [0.1, 0.15) is 28.8 Å². The van der Waals surface area contributed by atoms with Gasteiger partial charge in [-0.15, -0.1) is 12.4 Å². The second kappa shape index (κ2) is 9.69. The molecule has 1 aliphatic heterocycles. The zero-order valence-corrected chi connectivity index (χ0v) is 16.0. The molecule has 0 spiro atoms. The van der Waals surface area contributed by atoms with Gasteiger partial charge in [0, 0.05) is 17.8 Å². The minimum Gasteiger partial charge on any atom is -0.348 e. The van der Waals surface area contributed by atoms with Gasteiger partial charge in [0.1, 0.15) is 5.82 Å². The smallest absolute Gasteiger partial charge is 0.253 e. The highest BCUT2D eigenvalue weighted by atomic mass is 35.5. The van der Waals surface area contributed by atoms with Crippen LogP contribution in [0.15, 0.2) is 42.5 Å².